The second-order valence-corrected chi connectivity index (χ2v) is 9.65. The zero-order valence-corrected chi connectivity index (χ0v) is 17.4. The van der Waals surface area contributed by atoms with Gasteiger partial charge in [-0.2, -0.15) is 13.2 Å². The highest BCUT2D eigenvalue weighted by molar-refractivity contribution is 5.83. The third-order valence-electron chi connectivity index (χ3n) is 7.90. The highest BCUT2D eigenvalue weighted by Gasteiger charge is 2.56. The van der Waals surface area contributed by atoms with E-state index in [1.807, 2.05) is 0 Å². The summed E-state index contributed by atoms with van der Waals surface area (Å²) in [4.78, 5) is 22.0. The van der Waals surface area contributed by atoms with Gasteiger partial charge in [0.2, 0.25) is 5.91 Å². The molecule has 1 amide bonds. The molecule has 1 aromatic heterocycles. The van der Waals surface area contributed by atoms with Crippen molar-refractivity contribution in [2.24, 2.45) is 11.3 Å². The Kier molecular flexibility index (Phi) is 4.67. The fourth-order valence-electron chi connectivity index (χ4n) is 5.79. The summed E-state index contributed by atoms with van der Waals surface area (Å²) in [7, 11) is 0. The zero-order valence-electron chi connectivity index (χ0n) is 17.4. The van der Waals surface area contributed by atoms with E-state index in [0.29, 0.717) is 42.4 Å². The fourth-order valence-corrected chi connectivity index (χ4v) is 5.79. The number of hydrogen-bond acceptors (Lipinski definition) is 4. The molecule has 0 aromatic carbocycles. The Morgan fingerprint density at radius 2 is 2.17 bits per heavy atom. The number of alkyl halides is 3. The molecule has 2 saturated heterocycles. The summed E-state index contributed by atoms with van der Waals surface area (Å²) < 4.78 is 44.9. The van der Waals surface area contributed by atoms with Crippen molar-refractivity contribution in [2.45, 2.75) is 70.4 Å². The minimum atomic E-state index is -4.42. The lowest BCUT2D eigenvalue weighted by molar-refractivity contribution is -0.227. The maximum atomic E-state index is 13.7. The quantitative estimate of drug-likeness (QED) is 0.749. The standard InChI is InChI=1S/C22H28F3N3O2/c1-13(2)21(5-3-16(8-21)28-11-19-18(28)12-30-19)20(29)27-6-4-17-14(10-27)7-15(9-26-17)22(23,24)25/h7,9,13,16,18-19H,3-6,8,10-12H2,1-2H3/t16-,18?,19?,21+/m1/s1. The number of fused-ring (bicyclic) bond motifs is 2. The van der Waals surface area contributed by atoms with E-state index in [2.05, 4.69) is 23.7 Å². The molecule has 0 radical (unpaired) electrons. The third kappa shape index (κ3) is 3.06. The van der Waals surface area contributed by atoms with Crippen molar-refractivity contribution in [3.8, 4) is 0 Å². The first-order valence-electron chi connectivity index (χ1n) is 10.9. The molecule has 5 nitrogen and oxygen atoms in total. The summed E-state index contributed by atoms with van der Waals surface area (Å²) in [6.45, 7) is 6.69. The monoisotopic (exact) mass is 423 g/mol. The van der Waals surface area contributed by atoms with Crippen molar-refractivity contribution >= 4 is 5.91 Å². The summed E-state index contributed by atoms with van der Waals surface area (Å²) in [6, 6.07) is 2.08. The normalized spacial score (nSPS) is 33.7. The molecule has 1 saturated carbocycles. The number of morpholine rings is 1. The fraction of sp³-hybridized carbons (Fsp3) is 0.727. The van der Waals surface area contributed by atoms with Gasteiger partial charge in [0.05, 0.1) is 29.7 Å². The number of carbonyl (C=O) groups is 1. The van der Waals surface area contributed by atoms with E-state index in [-0.39, 0.29) is 18.4 Å². The Hall–Kier alpha value is -1.67. The molecule has 3 aliphatic heterocycles. The maximum Gasteiger partial charge on any atom is 0.417 e. The number of halogens is 3. The Bertz CT molecular complexity index is 859. The third-order valence-corrected chi connectivity index (χ3v) is 7.90. The first-order chi connectivity index (χ1) is 14.2. The van der Waals surface area contributed by atoms with Crippen molar-refractivity contribution in [3.05, 3.63) is 29.1 Å². The molecule has 2 unspecified atom stereocenters. The van der Waals surface area contributed by atoms with Gasteiger partial charge in [0, 0.05) is 44.0 Å². The van der Waals surface area contributed by atoms with Crippen molar-refractivity contribution in [1.29, 1.82) is 0 Å². The van der Waals surface area contributed by atoms with Crippen LogP contribution in [0.25, 0.3) is 0 Å². The lowest BCUT2D eigenvalue weighted by Gasteiger charge is -2.57. The second-order valence-electron chi connectivity index (χ2n) is 9.65. The number of aromatic nitrogens is 1. The minimum absolute atomic E-state index is 0.102. The van der Waals surface area contributed by atoms with Gasteiger partial charge >= 0.3 is 6.18 Å². The number of pyridine rings is 1. The van der Waals surface area contributed by atoms with Crippen LogP contribution in [0.2, 0.25) is 0 Å². The zero-order chi connectivity index (χ0) is 21.3. The number of hydrogen-bond donors (Lipinski definition) is 0. The van der Waals surface area contributed by atoms with Crippen molar-refractivity contribution in [3.63, 3.8) is 0 Å². The van der Waals surface area contributed by atoms with Gasteiger partial charge in [-0.05, 0) is 36.8 Å². The molecule has 0 bridgehead atoms. The van der Waals surface area contributed by atoms with Crippen LogP contribution in [0.4, 0.5) is 13.2 Å². The predicted molar refractivity (Wildman–Crippen MR) is 104 cm³/mol. The van der Waals surface area contributed by atoms with Crippen LogP contribution in [0.5, 0.6) is 0 Å². The van der Waals surface area contributed by atoms with Crippen molar-refractivity contribution < 1.29 is 22.7 Å². The number of nitrogens with zero attached hydrogens (tertiary/aromatic N) is 3. The molecule has 8 heteroatoms. The molecule has 164 valence electrons. The van der Waals surface area contributed by atoms with Gasteiger partial charge in [0.25, 0.3) is 0 Å². The van der Waals surface area contributed by atoms with Crippen LogP contribution in [-0.4, -0.2) is 58.6 Å². The minimum Gasteiger partial charge on any atom is -0.373 e. The summed E-state index contributed by atoms with van der Waals surface area (Å²) in [5.41, 5.74) is 0.0131. The van der Waals surface area contributed by atoms with Crippen LogP contribution in [0.1, 0.15) is 49.9 Å². The molecule has 1 aromatic rings. The average Bonchev–Trinajstić information content (AvgIpc) is 3.14. The lowest BCUT2D eigenvalue weighted by Crippen LogP contribution is -2.72. The molecule has 4 atom stereocenters. The predicted octanol–water partition coefficient (Wildman–Crippen LogP) is 3.26. The molecule has 4 heterocycles. The van der Waals surface area contributed by atoms with Gasteiger partial charge in [-0.15, -0.1) is 0 Å². The summed E-state index contributed by atoms with van der Waals surface area (Å²) in [5, 5.41) is 0. The number of carbonyl (C=O) groups excluding carboxylic acids is 1. The van der Waals surface area contributed by atoms with Crippen LogP contribution in [0, 0.1) is 11.3 Å². The van der Waals surface area contributed by atoms with Gasteiger partial charge < -0.3 is 9.64 Å². The van der Waals surface area contributed by atoms with Crippen molar-refractivity contribution in [2.75, 3.05) is 19.7 Å². The van der Waals surface area contributed by atoms with Crippen LogP contribution in [0.3, 0.4) is 0 Å². The topological polar surface area (TPSA) is 45.7 Å². The average molecular weight is 423 g/mol. The number of rotatable bonds is 3. The number of amides is 1. The van der Waals surface area contributed by atoms with E-state index < -0.39 is 17.2 Å². The molecular weight excluding hydrogens is 395 g/mol. The molecule has 3 fully saturated rings. The Morgan fingerprint density at radius 3 is 2.77 bits per heavy atom. The van der Waals surface area contributed by atoms with E-state index >= 15 is 0 Å². The molecular formula is C22H28F3N3O2. The molecule has 0 spiro atoms. The highest BCUT2D eigenvalue weighted by Crippen LogP contribution is 2.50. The van der Waals surface area contributed by atoms with E-state index in [9.17, 15) is 18.0 Å². The summed E-state index contributed by atoms with van der Waals surface area (Å²) in [6.07, 6.45) is 0.0271. The smallest absolute Gasteiger partial charge is 0.373 e. The number of likely N-dealkylation sites (tertiary alicyclic amines) is 1. The van der Waals surface area contributed by atoms with Crippen molar-refractivity contribution in [1.82, 2.24) is 14.8 Å². The van der Waals surface area contributed by atoms with Crippen LogP contribution in [-0.2, 0) is 28.7 Å². The maximum absolute atomic E-state index is 13.7. The highest BCUT2D eigenvalue weighted by atomic mass is 19.4. The molecule has 1 aliphatic carbocycles. The Balaban J connectivity index is 1.34. The first kappa shape index (κ1) is 20.2. The Morgan fingerprint density at radius 1 is 1.37 bits per heavy atom. The summed E-state index contributed by atoms with van der Waals surface area (Å²) >= 11 is 0. The van der Waals surface area contributed by atoms with Gasteiger partial charge in [-0.25, -0.2) is 0 Å². The van der Waals surface area contributed by atoms with E-state index in [4.69, 9.17) is 4.74 Å². The van der Waals surface area contributed by atoms with Crippen LogP contribution < -0.4 is 0 Å². The van der Waals surface area contributed by atoms with Gasteiger partial charge in [0.15, 0.2) is 0 Å². The van der Waals surface area contributed by atoms with Crippen LogP contribution >= 0.6 is 0 Å². The molecule has 5 rings (SSSR count). The SMILES string of the molecule is CC(C)[C@]1(C(=O)N2CCc3ncc(C(F)(F)F)cc3C2)CC[C@@H](N2CC3OCC32)C1. The van der Waals surface area contributed by atoms with Gasteiger partial charge in [0.1, 0.15) is 0 Å². The lowest BCUT2D eigenvalue weighted by atomic mass is 9.73. The Labute approximate surface area is 174 Å². The number of ether oxygens (including phenoxy) is 1. The van der Waals surface area contributed by atoms with Gasteiger partial charge in [-0.3, -0.25) is 14.7 Å². The van der Waals surface area contributed by atoms with E-state index in [1.165, 1.54) is 0 Å². The molecule has 0 N–H and O–H groups in total. The second kappa shape index (κ2) is 6.92. The molecule has 30 heavy (non-hydrogen) atoms. The van der Waals surface area contributed by atoms with E-state index in [0.717, 1.165) is 44.7 Å². The largest absolute Gasteiger partial charge is 0.417 e. The first-order valence-corrected chi connectivity index (χ1v) is 10.9. The summed E-state index contributed by atoms with van der Waals surface area (Å²) in [5.74, 6) is 0.288. The van der Waals surface area contributed by atoms with Gasteiger partial charge in [-0.1, -0.05) is 13.8 Å². The molecule has 4 aliphatic rings. The van der Waals surface area contributed by atoms with E-state index in [1.54, 1.807) is 4.90 Å². The van der Waals surface area contributed by atoms with Crippen LogP contribution in [0.15, 0.2) is 12.3 Å².